The Kier molecular flexibility index (Phi) is 11.7. The van der Waals surface area contributed by atoms with Crippen LogP contribution in [0.25, 0.3) is 0 Å². The summed E-state index contributed by atoms with van der Waals surface area (Å²) in [6.45, 7) is 0.253. The summed E-state index contributed by atoms with van der Waals surface area (Å²) in [5.74, 6) is 1.01. The molecule has 1 unspecified atom stereocenters. The third-order valence-corrected chi connectivity index (χ3v) is 7.45. The molecule has 0 radical (unpaired) electrons. The van der Waals surface area contributed by atoms with Gasteiger partial charge >= 0.3 is 0 Å². The number of benzene rings is 4. The molecule has 4 aromatic carbocycles. The summed E-state index contributed by atoms with van der Waals surface area (Å²) in [4.78, 5) is 29.2. The van der Waals surface area contributed by atoms with Crippen LogP contribution in [0.3, 0.4) is 0 Å². The lowest BCUT2D eigenvalue weighted by Crippen LogP contribution is -2.52. The number of para-hydroxylation sites is 1. The number of hydrogen-bond donors (Lipinski definition) is 1. The van der Waals surface area contributed by atoms with Crippen molar-refractivity contribution in [3.8, 4) is 17.2 Å². The Morgan fingerprint density at radius 2 is 1.44 bits per heavy atom. The molecule has 7 nitrogen and oxygen atoms in total. The van der Waals surface area contributed by atoms with Crippen molar-refractivity contribution < 1.29 is 23.8 Å². The van der Waals surface area contributed by atoms with E-state index in [4.69, 9.17) is 37.4 Å². The molecule has 0 aliphatic carbocycles. The average Bonchev–Trinajstić information content (AvgIpc) is 3.03. The van der Waals surface area contributed by atoms with Gasteiger partial charge in [-0.2, -0.15) is 0 Å². The molecule has 4 aromatic rings. The van der Waals surface area contributed by atoms with Crippen LogP contribution in [0.15, 0.2) is 97.1 Å². The molecular formula is C34H34Cl2N2O5. The molecule has 0 aliphatic heterocycles. The monoisotopic (exact) mass is 620 g/mol. The number of hydrogen-bond acceptors (Lipinski definition) is 5. The second-order valence-corrected chi connectivity index (χ2v) is 10.6. The van der Waals surface area contributed by atoms with Crippen molar-refractivity contribution in [3.05, 3.63) is 124 Å². The lowest BCUT2D eigenvalue weighted by molar-refractivity contribution is -0.142. The molecule has 0 aliphatic rings. The number of carbonyl (C=O) groups is 2. The summed E-state index contributed by atoms with van der Waals surface area (Å²) in [6.07, 6.45) is 0.874. The normalized spacial score (nSPS) is 11.3. The summed E-state index contributed by atoms with van der Waals surface area (Å²) >= 11 is 12.4. The van der Waals surface area contributed by atoms with E-state index in [-0.39, 0.29) is 25.0 Å². The first kappa shape index (κ1) is 31.7. The molecule has 4 rings (SSSR count). The van der Waals surface area contributed by atoms with Crippen LogP contribution in [0.5, 0.6) is 17.2 Å². The largest absolute Gasteiger partial charge is 0.493 e. The zero-order chi connectivity index (χ0) is 30.6. The number of amides is 2. The second-order valence-electron chi connectivity index (χ2n) is 9.80. The minimum atomic E-state index is -0.814. The number of nitrogens with one attached hydrogen (secondary N) is 1. The van der Waals surface area contributed by atoms with E-state index in [1.165, 1.54) is 0 Å². The number of carbonyl (C=O) groups excluding carboxylic acids is 2. The highest BCUT2D eigenvalue weighted by Gasteiger charge is 2.30. The molecule has 1 N–H and O–H groups in total. The molecule has 0 spiro atoms. The smallest absolute Gasteiger partial charge is 0.261 e. The fraction of sp³-hybridized carbons (Fsp3) is 0.235. The van der Waals surface area contributed by atoms with Gasteiger partial charge in [0.2, 0.25) is 5.91 Å². The number of halogens is 2. The van der Waals surface area contributed by atoms with E-state index in [1.807, 2.05) is 60.7 Å². The minimum absolute atomic E-state index is 0.183. The molecule has 0 heterocycles. The number of methoxy groups -OCH3 is 2. The summed E-state index contributed by atoms with van der Waals surface area (Å²) < 4.78 is 16.5. The van der Waals surface area contributed by atoms with Crippen LogP contribution in [-0.2, 0) is 29.0 Å². The Morgan fingerprint density at radius 3 is 2.14 bits per heavy atom. The average molecular weight is 622 g/mol. The van der Waals surface area contributed by atoms with Crippen LogP contribution < -0.4 is 19.5 Å². The highest BCUT2D eigenvalue weighted by atomic mass is 35.5. The maximum atomic E-state index is 13.8. The zero-order valence-corrected chi connectivity index (χ0v) is 25.6. The first-order valence-corrected chi connectivity index (χ1v) is 14.6. The van der Waals surface area contributed by atoms with E-state index in [1.54, 1.807) is 55.5 Å². The summed E-state index contributed by atoms with van der Waals surface area (Å²) in [7, 11) is 3.17. The Balaban J connectivity index is 1.57. The highest BCUT2D eigenvalue weighted by molar-refractivity contribution is 6.32. The van der Waals surface area contributed by atoms with E-state index in [0.717, 1.165) is 16.7 Å². The second kappa shape index (κ2) is 15.9. The number of ether oxygens (including phenoxy) is 3. The molecule has 2 amide bonds. The summed E-state index contributed by atoms with van der Waals surface area (Å²) in [6, 6.07) is 28.6. The molecular weight excluding hydrogens is 587 g/mol. The predicted molar refractivity (Wildman–Crippen MR) is 169 cm³/mol. The molecule has 0 fully saturated rings. The van der Waals surface area contributed by atoms with Crippen LogP contribution in [0.1, 0.15) is 16.7 Å². The molecule has 43 heavy (non-hydrogen) atoms. The first-order chi connectivity index (χ1) is 20.9. The van der Waals surface area contributed by atoms with Gasteiger partial charge in [0.1, 0.15) is 11.8 Å². The molecule has 0 bridgehead atoms. The highest BCUT2D eigenvalue weighted by Crippen LogP contribution is 2.28. The van der Waals surface area contributed by atoms with E-state index < -0.39 is 6.04 Å². The summed E-state index contributed by atoms with van der Waals surface area (Å²) in [5.41, 5.74) is 2.72. The van der Waals surface area contributed by atoms with Gasteiger partial charge in [-0.25, -0.2) is 0 Å². The standard InChI is InChI=1S/C34H34Cl2N2O5/c1-41-31-17-14-25(21-32(31)42-2)18-19-37-34(40)29(20-24-8-4-3-5-9-24)38(22-26-12-15-27(35)16-13-26)33(39)23-43-30-11-7-6-10-28(30)36/h3-17,21,29H,18-20,22-23H2,1-2H3,(H,37,40). The fourth-order valence-corrected chi connectivity index (χ4v) is 4.92. The van der Waals surface area contributed by atoms with Crippen LogP contribution in [0.4, 0.5) is 0 Å². The van der Waals surface area contributed by atoms with Crippen LogP contribution in [-0.4, -0.2) is 50.1 Å². The quantitative estimate of drug-likeness (QED) is 0.177. The lowest BCUT2D eigenvalue weighted by Gasteiger charge is -2.31. The molecule has 1 atom stereocenters. The lowest BCUT2D eigenvalue weighted by atomic mass is 10.0. The maximum Gasteiger partial charge on any atom is 0.261 e. The minimum Gasteiger partial charge on any atom is -0.493 e. The number of nitrogens with zero attached hydrogens (tertiary/aromatic N) is 1. The third-order valence-electron chi connectivity index (χ3n) is 6.89. The zero-order valence-electron chi connectivity index (χ0n) is 24.1. The number of rotatable bonds is 14. The van der Waals surface area contributed by atoms with Gasteiger partial charge in [0.05, 0.1) is 19.2 Å². The fourth-order valence-electron chi connectivity index (χ4n) is 4.61. The Labute approximate surface area is 262 Å². The van der Waals surface area contributed by atoms with Gasteiger partial charge in [-0.1, -0.05) is 83.9 Å². The van der Waals surface area contributed by atoms with Gasteiger partial charge in [0.25, 0.3) is 5.91 Å². The van der Waals surface area contributed by atoms with Crippen LogP contribution in [0.2, 0.25) is 10.0 Å². The molecule has 0 saturated carbocycles. The van der Waals surface area contributed by atoms with Crippen molar-refractivity contribution in [1.82, 2.24) is 10.2 Å². The van der Waals surface area contributed by atoms with Crippen molar-refractivity contribution in [2.75, 3.05) is 27.4 Å². The van der Waals surface area contributed by atoms with Crippen molar-refractivity contribution in [3.63, 3.8) is 0 Å². The Bertz CT molecular complexity index is 1500. The first-order valence-electron chi connectivity index (χ1n) is 13.8. The van der Waals surface area contributed by atoms with Gasteiger partial charge in [0.15, 0.2) is 18.1 Å². The SMILES string of the molecule is COc1ccc(CCNC(=O)C(Cc2ccccc2)N(Cc2ccc(Cl)cc2)C(=O)COc2ccccc2Cl)cc1OC. The Morgan fingerprint density at radius 1 is 0.767 bits per heavy atom. The van der Waals surface area contributed by atoms with Crippen molar-refractivity contribution in [2.45, 2.75) is 25.4 Å². The van der Waals surface area contributed by atoms with Gasteiger partial charge in [-0.3, -0.25) is 9.59 Å². The van der Waals surface area contributed by atoms with Crippen molar-refractivity contribution >= 4 is 35.0 Å². The predicted octanol–water partition coefficient (Wildman–Crippen LogP) is 6.39. The van der Waals surface area contributed by atoms with Gasteiger partial charge in [0, 0.05) is 24.5 Å². The molecule has 0 saturated heterocycles. The molecule has 224 valence electrons. The Hall–Kier alpha value is -4.20. The van der Waals surface area contributed by atoms with Crippen molar-refractivity contribution in [2.24, 2.45) is 0 Å². The van der Waals surface area contributed by atoms with Crippen LogP contribution in [0, 0.1) is 0 Å². The third kappa shape index (κ3) is 9.14. The summed E-state index contributed by atoms with van der Waals surface area (Å²) in [5, 5.41) is 4.02. The molecule has 9 heteroatoms. The van der Waals surface area contributed by atoms with E-state index in [2.05, 4.69) is 5.32 Å². The van der Waals surface area contributed by atoms with E-state index >= 15 is 0 Å². The van der Waals surface area contributed by atoms with E-state index in [9.17, 15) is 9.59 Å². The van der Waals surface area contributed by atoms with Crippen molar-refractivity contribution in [1.29, 1.82) is 0 Å². The maximum absolute atomic E-state index is 13.8. The van der Waals surface area contributed by atoms with Gasteiger partial charge in [-0.05, 0) is 59.5 Å². The topological polar surface area (TPSA) is 77.1 Å². The van der Waals surface area contributed by atoms with E-state index in [0.29, 0.717) is 46.7 Å². The van der Waals surface area contributed by atoms with Gasteiger partial charge < -0.3 is 24.4 Å². The van der Waals surface area contributed by atoms with Gasteiger partial charge in [-0.15, -0.1) is 0 Å². The van der Waals surface area contributed by atoms with Crippen LogP contribution >= 0.6 is 23.2 Å². The molecule has 0 aromatic heterocycles.